The monoisotopic (exact) mass is 316 g/mol. The van der Waals surface area contributed by atoms with Crippen LogP contribution >= 0.6 is 11.3 Å². The lowest BCUT2D eigenvalue weighted by atomic mass is 10.1. The molecule has 5 aromatic rings. The number of nitrogens with one attached hydrogen (secondary N) is 1. The molecule has 110 valence electrons. The predicted molar refractivity (Wildman–Crippen MR) is 94.8 cm³/mol. The SMILES string of the molecule is Cc1[nH][n+]2ccc3c4ccccc4nc3c2cc1-c1cccs1. The normalized spacial score (nSPS) is 11.7. The molecule has 4 heterocycles. The number of fused-ring (bicyclic) bond motifs is 5. The lowest BCUT2D eigenvalue weighted by molar-refractivity contribution is -0.580. The molecule has 0 amide bonds. The van der Waals surface area contributed by atoms with Crippen LogP contribution in [0.1, 0.15) is 5.69 Å². The molecule has 0 saturated carbocycles. The summed E-state index contributed by atoms with van der Waals surface area (Å²) >= 11 is 1.76. The Kier molecular flexibility index (Phi) is 2.58. The van der Waals surface area contributed by atoms with Gasteiger partial charge in [0.25, 0.3) is 5.52 Å². The maximum Gasteiger partial charge on any atom is 0.262 e. The molecule has 0 aliphatic rings. The summed E-state index contributed by atoms with van der Waals surface area (Å²) in [5.41, 5.74) is 5.59. The number of H-pyrrole nitrogens is 1. The molecule has 4 aromatic heterocycles. The summed E-state index contributed by atoms with van der Waals surface area (Å²) in [5, 5.41) is 7.99. The quantitative estimate of drug-likeness (QED) is 0.454. The molecule has 23 heavy (non-hydrogen) atoms. The number of rotatable bonds is 1. The fraction of sp³-hybridized carbons (Fsp3) is 0.0526. The molecule has 4 heteroatoms. The first-order valence-corrected chi connectivity index (χ1v) is 8.45. The van der Waals surface area contributed by atoms with Crippen molar-refractivity contribution in [3.8, 4) is 10.4 Å². The van der Waals surface area contributed by atoms with E-state index in [9.17, 15) is 0 Å². The van der Waals surface area contributed by atoms with Gasteiger partial charge in [0.2, 0.25) is 6.20 Å². The number of pyridine rings is 1. The molecule has 0 bridgehead atoms. The number of hydrogen-bond acceptors (Lipinski definition) is 2. The van der Waals surface area contributed by atoms with Gasteiger partial charge < -0.3 is 0 Å². The van der Waals surface area contributed by atoms with Crippen molar-refractivity contribution in [2.45, 2.75) is 6.92 Å². The Morgan fingerprint density at radius 2 is 1.96 bits per heavy atom. The number of aromatic amines is 1. The minimum absolute atomic E-state index is 1.04. The van der Waals surface area contributed by atoms with E-state index in [0.717, 1.165) is 22.2 Å². The molecule has 0 fully saturated rings. The fourth-order valence-electron chi connectivity index (χ4n) is 3.22. The van der Waals surface area contributed by atoms with Crippen molar-refractivity contribution in [1.29, 1.82) is 0 Å². The van der Waals surface area contributed by atoms with Gasteiger partial charge in [-0.15, -0.1) is 11.3 Å². The van der Waals surface area contributed by atoms with Crippen molar-refractivity contribution in [3.05, 3.63) is 65.8 Å². The van der Waals surface area contributed by atoms with Crippen LogP contribution in [0.3, 0.4) is 0 Å². The molecule has 0 atom stereocenters. The molecule has 5 rings (SSSR count). The Labute approximate surface area is 136 Å². The third-order valence-electron chi connectivity index (χ3n) is 4.33. The van der Waals surface area contributed by atoms with Gasteiger partial charge in [-0.3, -0.25) is 0 Å². The van der Waals surface area contributed by atoms with Gasteiger partial charge >= 0.3 is 0 Å². The van der Waals surface area contributed by atoms with Crippen LogP contribution in [0.4, 0.5) is 0 Å². The van der Waals surface area contributed by atoms with Crippen LogP contribution in [0.15, 0.2) is 60.1 Å². The van der Waals surface area contributed by atoms with Crippen LogP contribution < -0.4 is 4.52 Å². The summed E-state index contributed by atoms with van der Waals surface area (Å²) in [4.78, 5) is 6.13. The maximum atomic E-state index is 4.86. The molecule has 0 aliphatic carbocycles. The van der Waals surface area contributed by atoms with Crippen molar-refractivity contribution in [2.24, 2.45) is 0 Å². The van der Waals surface area contributed by atoms with Gasteiger partial charge in [-0.25, -0.2) is 4.98 Å². The zero-order valence-electron chi connectivity index (χ0n) is 12.6. The molecule has 0 spiro atoms. The highest BCUT2D eigenvalue weighted by Crippen LogP contribution is 2.30. The minimum atomic E-state index is 1.04. The van der Waals surface area contributed by atoms with E-state index < -0.39 is 0 Å². The lowest BCUT2D eigenvalue weighted by Gasteiger charge is -2.02. The van der Waals surface area contributed by atoms with E-state index in [1.165, 1.54) is 21.2 Å². The Morgan fingerprint density at radius 1 is 1.04 bits per heavy atom. The zero-order chi connectivity index (χ0) is 15.4. The highest BCUT2D eigenvalue weighted by molar-refractivity contribution is 7.13. The van der Waals surface area contributed by atoms with Crippen LogP contribution in [0.25, 0.3) is 37.8 Å². The molecular formula is C19H14N3S+. The molecule has 1 N–H and O–H groups in total. The van der Waals surface area contributed by atoms with Crippen LogP contribution in [0.5, 0.6) is 0 Å². The Balaban J connectivity index is 1.94. The van der Waals surface area contributed by atoms with Crippen molar-refractivity contribution in [1.82, 2.24) is 10.1 Å². The van der Waals surface area contributed by atoms with Crippen LogP contribution in [0.2, 0.25) is 0 Å². The molecule has 0 radical (unpaired) electrons. The van der Waals surface area contributed by atoms with E-state index in [4.69, 9.17) is 4.98 Å². The Hall–Kier alpha value is -2.72. The standard InChI is InChI=1S/C19H13N3S/c1-12-15(18-7-4-10-23-18)11-17-19-14(8-9-22(17)21-12)13-5-2-3-6-16(13)20-19/h2-11H,1H3/p+1. The van der Waals surface area contributed by atoms with Crippen LogP contribution in [-0.4, -0.2) is 10.1 Å². The van der Waals surface area contributed by atoms with Crippen molar-refractivity contribution in [2.75, 3.05) is 0 Å². The van der Waals surface area contributed by atoms with Crippen molar-refractivity contribution < 1.29 is 4.52 Å². The first-order valence-electron chi connectivity index (χ1n) is 7.57. The highest BCUT2D eigenvalue weighted by Gasteiger charge is 2.17. The number of aryl methyl sites for hydroxylation is 1. The number of para-hydroxylation sites is 1. The number of hydrogen-bond donors (Lipinski definition) is 1. The van der Waals surface area contributed by atoms with Gasteiger partial charge in [-0.05, 0) is 24.4 Å². The molecule has 1 aromatic carbocycles. The number of thiophene rings is 1. The third kappa shape index (κ3) is 1.82. The second-order valence-electron chi connectivity index (χ2n) is 5.73. The van der Waals surface area contributed by atoms with E-state index in [-0.39, 0.29) is 0 Å². The van der Waals surface area contributed by atoms with Gasteiger partial charge in [0.15, 0.2) is 0 Å². The zero-order valence-corrected chi connectivity index (χ0v) is 13.4. The molecule has 0 aliphatic heterocycles. The number of benzene rings is 1. The fourth-order valence-corrected chi connectivity index (χ4v) is 4.02. The highest BCUT2D eigenvalue weighted by atomic mass is 32.1. The summed E-state index contributed by atoms with van der Waals surface area (Å²) in [7, 11) is 0. The minimum Gasteiger partial charge on any atom is -0.241 e. The van der Waals surface area contributed by atoms with Crippen molar-refractivity contribution in [3.63, 3.8) is 0 Å². The third-order valence-corrected chi connectivity index (χ3v) is 5.24. The number of aromatic nitrogens is 3. The van der Waals surface area contributed by atoms with Crippen LogP contribution in [-0.2, 0) is 0 Å². The second-order valence-corrected chi connectivity index (χ2v) is 6.68. The first-order chi connectivity index (χ1) is 11.3. The van der Waals surface area contributed by atoms with E-state index >= 15 is 0 Å². The Bertz CT molecular complexity index is 1170. The van der Waals surface area contributed by atoms with E-state index in [2.05, 4.69) is 70.6 Å². The summed E-state index contributed by atoms with van der Waals surface area (Å²) in [6, 6.07) is 16.9. The van der Waals surface area contributed by atoms with E-state index in [1.54, 1.807) is 11.3 Å². The lowest BCUT2D eigenvalue weighted by Crippen LogP contribution is -2.27. The average Bonchev–Trinajstić information content (AvgIpc) is 3.21. The smallest absolute Gasteiger partial charge is 0.241 e. The largest absolute Gasteiger partial charge is 0.262 e. The Morgan fingerprint density at radius 3 is 2.83 bits per heavy atom. The summed E-state index contributed by atoms with van der Waals surface area (Å²) in [5.74, 6) is 0. The van der Waals surface area contributed by atoms with Gasteiger partial charge in [0.05, 0.1) is 11.2 Å². The summed E-state index contributed by atoms with van der Waals surface area (Å²) in [6.45, 7) is 2.11. The molecule has 0 saturated heterocycles. The number of nitrogens with zero attached hydrogens (tertiary/aromatic N) is 2. The molecule has 3 nitrogen and oxygen atoms in total. The summed E-state index contributed by atoms with van der Waals surface area (Å²) < 4.78 is 2.06. The van der Waals surface area contributed by atoms with Crippen molar-refractivity contribution >= 4 is 38.7 Å². The van der Waals surface area contributed by atoms with Gasteiger partial charge in [-0.1, -0.05) is 28.8 Å². The van der Waals surface area contributed by atoms with Gasteiger partial charge in [0, 0.05) is 33.3 Å². The van der Waals surface area contributed by atoms with Gasteiger partial charge in [-0.2, -0.15) is 5.10 Å². The second kappa shape index (κ2) is 4.64. The topological polar surface area (TPSA) is 32.8 Å². The molecular weight excluding hydrogens is 302 g/mol. The average molecular weight is 316 g/mol. The van der Waals surface area contributed by atoms with Crippen LogP contribution in [0, 0.1) is 6.92 Å². The first kappa shape index (κ1) is 12.8. The summed E-state index contributed by atoms with van der Waals surface area (Å²) in [6.07, 6.45) is 2.08. The van der Waals surface area contributed by atoms with E-state index in [1.807, 2.05) is 6.07 Å². The molecule has 0 unspecified atom stereocenters. The maximum absolute atomic E-state index is 4.86. The van der Waals surface area contributed by atoms with E-state index in [0.29, 0.717) is 0 Å². The van der Waals surface area contributed by atoms with Gasteiger partial charge in [0.1, 0.15) is 5.52 Å². The predicted octanol–water partition coefficient (Wildman–Crippen LogP) is 4.49.